The molecular formula is C9H11NOS. The van der Waals surface area contributed by atoms with E-state index >= 15 is 0 Å². The van der Waals surface area contributed by atoms with E-state index in [0.29, 0.717) is 12.1 Å². The number of hydrogen-bond donors (Lipinski definition) is 0. The Balaban J connectivity index is 2.45. The van der Waals surface area contributed by atoms with Gasteiger partial charge in [-0.3, -0.25) is 4.79 Å². The number of rotatable bonds is 4. The van der Waals surface area contributed by atoms with Crippen molar-refractivity contribution in [1.29, 1.82) is 0 Å². The van der Waals surface area contributed by atoms with Gasteiger partial charge in [0.2, 0.25) is 0 Å². The number of hydrogen-bond acceptors (Lipinski definition) is 3. The summed E-state index contributed by atoms with van der Waals surface area (Å²) in [6.45, 7) is 5.66. The molecule has 12 heavy (non-hydrogen) atoms. The molecule has 0 N–H and O–H groups in total. The number of allylic oxidation sites excluding steroid dienone is 1. The van der Waals surface area contributed by atoms with Crippen LogP contribution in [0, 0.1) is 0 Å². The second-order valence-corrected chi connectivity index (χ2v) is 3.47. The van der Waals surface area contributed by atoms with Crippen molar-refractivity contribution < 1.29 is 4.79 Å². The lowest BCUT2D eigenvalue weighted by Gasteiger charge is -1.95. The first-order valence-corrected chi connectivity index (χ1v) is 4.70. The van der Waals surface area contributed by atoms with Crippen LogP contribution in [0.4, 0.5) is 0 Å². The molecule has 0 amide bonds. The van der Waals surface area contributed by atoms with E-state index in [1.165, 1.54) is 11.3 Å². The Labute approximate surface area is 76.0 Å². The highest BCUT2D eigenvalue weighted by Crippen LogP contribution is 2.08. The lowest BCUT2D eigenvalue weighted by Crippen LogP contribution is -1.98. The van der Waals surface area contributed by atoms with E-state index < -0.39 is 0 Å². The molecule has 0 unspecified atom stereocenters. The van der Waals surface area contributed by atoms with Crippen LogP contribution in [0.1, 0.15) is 30.3 Å². The quantitative estimate of drug-likeness (QED) is 0.528. The first-order chi connectivity index (χ1) is 5.70. The van der Waals surface area contributed by atoms with E-state index in [9.17, 15) is 4.79 Å². The summed E-state index contributed by atoms with van der Waals surface area (Å²) in [6, 6.07) is 0. The molecule has 0 aliphatic rings. The zero-order valence-corrected chi connectivity index (χ0v) is 7.86. The van der Waals surface area contributed by atoms with Crippen LogP contribution in [0.5, 0.6) is 0 Å². The van der Waals surface area contributed by atoms with Crippen molar-refractivity contribution in [2.75, 3.05) is 0 Å². The molecule has 0 aliphatic heterocycles. The van der Waals surface area contributed by atoms with Crippen molar-refractivity contribution in [3.63, 3.8) is 0 Å². The molecule has 1 rings (SSSR count). The highest BCUT2D eigenvalue weighted by Gasteiger charge is 2.06. The maximum Gasteiger partial charge on any atom is 0.182 e. The highest BCUT2D eigenvalue weighted by atomic mass is 32.1. The molecule has 3 heteroatoms. The third-order valence-corrected chi connectivity index (χ3v) is 2.08. The molecule has 1 aromatic rings. The summed E-state index contributed by atoms with van der Waals surface area (Å²) in [6.07, 6.45) is 1.29. The van der Waals surface area contributed by atoms with Gasteiger partial charge in [-0.25, -0.2) is 4.98 Å². The van der Waals surface area contributed by atoms with Crippen LogP contribution in [0.2, 0.25) is 0 Å². The van der Waals surface area contributed by atoms with Gasteiger partial charge in [0.1, 0.15) is 5.69 Å². The maximum absolute atomic E-state index is 11.3. The minimum Gasteiger partial charge on any atom is -0.292 e. The third kappa shape index (κ3) is 2.58. The summed E-state index contributed by atoms with van der Waals surface area (Å²) in [4.78, 5) is 15.2. The molecule has 0 bridgehead atoms. The molecule has 0 saturated carbocycles. The molecule has 0 aromatic carbocycles. The van der Waals surface area contributed by atoms with Crippen molar-refractivity contribution in [2.45, 2.75) is 19.8 Å². The number of carbonyl (C=O) groups is 1. The SMILES string of the molecule is C=C(C)CCC(=O)c1cscn1. The standard InChI is InChI=1S/C9H11NOS/c1-7(2)3-4-9(11)8-5-12-6-10-8/h5-6H,1,3-4H2,2H3. The monoisotopic (exact) mass is 181 g/mol. The Bertz CT molecular complexity index is 277. The number of carbonyl (C=O) groups excluding carboxylic acids is 1. The largest absolute Gasteiger partial charge is 0.292 e. The molecule has 0 fully saturated rings. The van der Waals surface area contributed by atoms with Gasteiger partial charge in [0.15, 0.2) is 5.78 Å². The minimum atomic E-state index is 0.110. The van der Waals surface area contributed by atoms with Crippen molar-refractivity contribution >= 4 is 17.1 Å². The smallest absolute Gasteiger partial charge is 0.182 e. The normalized spacial score (nSPS) is 9.75. The first-order valence-electron chi connectivity index (χ1n) is 3.76. The van der Waals surface area contributed by atoms with Crippen LogP contribution in [0.3, 0.4) is 0 Å². The van der Waals surface area contributed by atoms with Gasteiger partial charge in [-0.1, -0.05) is 5.57 Å². The Hall–Kier alpha value is -0.960. The number of thiazole rings is 1. The van der Waals surface area contributed by atoms with Crippen LogP contribution in [0.15, 0.2) is 23.0 Å². The van der Waals surface area contributed by atoms with Gasteiger partial charge in [0.25, 0.3) is 0 Å². The molecule has 64 valence electrons. The molecule has 0 spiro atoms. The van der Waals surface area contributed by atoms with Gasteiger partial charge in [0, 0.05) is 11.8 Å². The number of Topliss-reactive ketones (excluding diaryl/α,β-unsaturated/α-hetero) is 1. The van der Waals surface area contributed by atoms with E-state index in [4.69, 9.17) is 0 Å². The predicted molar refractivity (Wildman–Crippen MR) is 50.5 cm³/mol. The van der Waals surface area contributed by atoms with Gasteiger partial charge in [-0.15, -0.1) is 17.9 Å². The molecule has 0 radical (unpaired) electrons. The van der Waals surface area contributed by atoms with Crippen LogP contribution in [0.25, 0.3) is 0 Å². The molecule has 0 saturated heterocycles. The fraction of sp³-hybridized carbons (Fsp3) is 0.333. The third-order valence-electron chi connectivity index (χ3n) is 1.50. The number of ketones is 1. The Kier molecular flexibility index (Phi) is 3.17. The topological polar surface area (TPSA) is 30.0 Å². The minimum absolute atomic E-state index is 0.110. The van der Waals surface area contributed by atoms with Crippen LogP contribution >= 0.6 is 11.3 Å². The zero-order chi connectivity index (χ0) is 8.97. The summed E-state index contributed by atoms with van der Waals surface area (Å²) in [5.41, 5.74) is 3.30. The number of aromatic nitrogens is 1. The Morgan fingerprint density at radius 1 is 1.67 bits per heavy atom. The summed E-state index contributed by atoms with van der Waals surface area (Å²) in [5, 5.41) is 1.78. The molecule has 1 heterocycles. The van der Waals surface area contributed by atoms with Crippen molar-refractivity contribution in [2.24, 2.45) is 0 Å². The lowest BCUT2D eigenvalue weighted by atomic mass is 10.1. The summed E-state index contributed by atoms with van der Waals surface area (Å²) in [7, 11) is 0. The second-order valence-electron chi connectivity index (χ2n) is 2.75. The summed E-state index contributed by atoms with van der Waals surface area (Å²) >= 11 is 1.45. The van der Waals surface area contributed by atoms with E-state index in [1.54, 1.807) is 10.9 Å². The first kappa shape index (κ1) is 9.13. The summed E-state index contributed by atoms with van der Waals surface area (Å²) in [5.74, 6) is 0.110. The average Bonchev–Trinajstić information content (AvgIpc) is 2.51. The van der Waals surface area contributed by atoms with Gasteiger partial charge in [0.05, 0.1) is 5.51 Å². The lowest BCUT2D eigenvalue weighted by molar-refractivity contribution is 0.0978. The van der Waals surface area contributed by atoms with Gasteiger partial charge >= 0.3 is 0 Å². The summed E-state index contributed by atoms with van der Waals surface area (Å²) < 4.78 is 0. The van der Waals surface area contributed by atoms with E-state index in [0.717, 1.165) is 12.0 Å². The Morgan fingerprint density at radius 2 is 2.42 bits per heavy atom. The fourth-order valence-electron chi connectivity index (χ4n) is 0.805. The number of nitrogens with zero attached hydrogens (tertiary/aromatic N) is 1. The molecule has 2 nitrogen and oxygen atoms in total. The van der Waals surface area contributed by atoms with Crippen molar-refractivity contribution in [3.05, 3.63) is 28.7 Å². The van der Waals surface area contributed by atoms with E-state index in [-0.39, 0.29) is 5.78 Å². The Morgan fingerprint density at radius 3 is 2.92 bits per heavy atom. The zero-order valence-electron chi connectivity index (χ0n) is 7.04. The van der Waals surface area contributed by atoms with E-state index in [1.807, 2.05) is 6.92 Å². The van der Waals surface area contributed by atoms with E-state index in [2.05, 4.69) is 11.6 Å². The molecule has 1 aromatic heterocycles. The van der Waals surface area contributed by atoms with Crippen LogP contribution < -0.4 is 0 Å². The predicted octanol–water partition coefficient (Wildman–Crippen LogP) is 2.68. The van der Waals surface area contributed by atoms with Crippen LogP contribution in [-0.2, 0) is 0 Å². The average molecular weight is 181 g/mol. The molecular weight excluding hydrogens is 170 g/mol. The molecule has 0 aliphatic carbocycles. The van der Waals surface area contributed by atoms with Crippen molar-refractivity contribution in [3.8, 4) is 0 Å². The fourth-order valence-corrected chi connectivity index (χ4v) is 1.36. The van der Waals surface area contributed by atoms with Gasteiger partial charge in [-0.2, -0.15) is 0 Å². The van der Waals surface area contributed by atoms with Gasteiger partial charge in [-0.05, 0) is 13.3 Å². The highest BCUT2D eigenvalue weighted by molar-refractivity contribution is 7.07. The van der Waals surface area contributed by atoms with Gasteiger partial charge < -0.3 is 0 Å². The van der Waals surface area contributed by atoms with Crippen LogP contribution in [-0.4, -0.2) is 10.8 Å². The maximum atomic E-state index is 11.3. The molecule has 0 atom stereocenters. The second kappa shape index (κ2) is 4.16. The van der Waals surface area contributed by atoms with Crippen molar-refractivity contribution in [1.82, 2.24) is 4.98 Å².